The molecule has 17 heavy (non-hydrogen) atoms. The lowest BCUT2D eigenvalue weighted by molar-refractivity contribution is -0.141. The Hall–Kier alpha value is -2.11. The third-order valence-corrected chi connectivity index (χ3v) is 2.59. The fraction of sp³-hybridized carbons (Fsp3) is 0.364. The number of rotatable bonds is 3. The van der Waals surface area contributed by atoms with Gasteiger partial charge >= 0.3 is 5.97 Å². The van der Waals surface area contributed by atoms with Crippen LogP contribution in [0.3, 0.4) is 0 Å². The van der Waals surface area contributed by atoms with Crippen LogP contribution in [0.4, 0.5) is 5.95 Å². The third kappa shape index (κ3) is 1.93. The van der Waals surface area contributed by atoms with Crippen LogP contribution in [0.1, 0.15) is 13.8 Å². The maximum absolute atomic E-state index is 11.0. The summed E-state index contributed by atoms with van der Waals surface area (Å²) in [5.74, 6) is -0.441. The molecule has 0 aromatic carbocycles. The quantitative estimate of drug-likeness (QED) is 0.835. The van der Waals surface area contributed by atoms with Crippen LogP contribution in [0.5, 0.6) is 0 Å². The van der Waals surface area contributed by atoms with Gasteiger partial charge in [0.05, 0.1) is 0 Å². The number of carboxylic acids is 1. The van der Waals surface area contributed by atoms with Crippen molar-refractivity contribution in [3.05, 3.63) is 18.3 Å². The minimum Gasteiger partial charge on any atom is -0.480 e. The van der Waals surface area contributed by atoms with Crippen molar-refractivity contribution >= 4 is 23.1 Å². The summed E-state index contributed by atoms with van der Waals surface area (Å²) in [6, 6.07) is 3.63. The molecule has 2 rings (SSSR count). The predicted molar refractivity (Wildman–Crippen MR) is 63.8 cm³/mol. The minimum absolute atomic E-state index is 0.492. The molecule has 2 aromatic heterocycles. The Morgan fingerprint density at radius 2 is 2.24 bits per heavy atom. The molecular formula is C11H14N4O2. The Balaban J connectivity index is 2.43. The number of imidazole rings is 1. The first-order valence-electron chi connectivity index (χ1n) is 5.21. The van der Waals surface area contributed by atoms with Gasteiger partial charge in [0.25, 0.3) is 0 Å². The van der Waals surface area contributed by atoms with Gasteiger partial charge in [-0.05, 0) is 26.0 Å². The number of nitrogens with one attached hydrogen (secondary N) is 1. The first-order chi connectivity index (χ1) is 7.92. The zero-order valence-corrected chi connectivity index (χ0v) is 9.93. The average Bonchev–Trinajstić information content (AvgIpc) is 2.56. The van der Waals surface area contributed by atoms with Gasteiger partial charge in [0.2, 0.25) is 5.95 Å². The van der Waals surface area contributed by atoms with Crippen molar-refractivity contribution in [3.8, 4) is 0 Å². The van der Waals surface area contributed by atoms with Crippen LogP contribution < -0.4 is 5.32 Å². The monoisotopic (exact) mass is 234 g/mol. The van der Waals surface area contributed by atoms with E-state index in [2.05, 4.69) is 15.3 Å². The molecule has 0 saturated heterocycles. The summed E-state index contributed by atoms with van der Waals surface area (Å²) in [4.78, 5) is 19.5. The molecule has 0 amide bonds. The van der Waals surface area contributed by atoms with E-state index in [4.69, 9.17) is 5.11 Å². The van der Waals surface area contributed by atoms with Gasteiger partial charge in [-0.25, -0.2) is 14.8 Å². The molecular weight excluding hydrogens is 220 g/mol. The molecule has 2 N–H and O–H groups in total. The number of anilines is 1. The summed E-state index contributed by atoms with van der Waals surface area (Å²) < 4.78 is 1.74. The molecule has 0 bridgehead atoms. The number of carboxylic acid groups (broad SMARTS) is 1. The SMILES string of the molecule is Cn1c(NC(C)(C)C(=O)O)nc2cccnc21. The van der Waals surface area contributed by atoms with Gasteiger partial charge in [0.15, 0.2) is 5.65 Å². The van der Waals surface area contributed by atoms with Crippen LogP contribution in [-0.4, -0.2) is 31.1 Å². The van der Waals surface area contributed by atoms with Crippen molar-refractivity contribution in [3.63, 3.8) is 0 Å². The number of aryl methyl sites for hydroxylation is 1. The van der Waals surface area contributed by atoms with E-state index in [0.29, 0.717) is 5.95 Å². The van der Waals surface area contributed by atoms with E-state index in [1.807, 2.05) is 6.07 Å². The van der Waals surface area contributed by atoms with Crippen LogP contribution in [0.2, 0.25) is 0 Å². The Morgan fingerprint density at radius 3 is 2.82 bits per heavy atom. The van der Waals surface area contributed by atoms with Gasteiger partial charge in [-0.1, -0.05) is 0 Å². The summed E-state index contributed by atoms with van der Waals surface area (Å²) in [6.45, 7) is 3.17. The Labute approximate surface area is 98.3 Å². The number of nitrogens with zero attached hydrogens (tertiary/aromatic N) is 3. The first kappa shape index (κ1) is 11.4. The van der Waals surface area contributed by atoms with E-state index in [1.165, 1.54) is 0 Å². The number of hydrogen-bond acceptors (Lipinski definition) is 4. The summed E-state index contributed by atoms with van der Waals surface area (Å²) in [5.41, 5.74) is 0.379. The lowest BCUT2D eigenvalue weighted by atomic mass is 10.1. The number of aromatic nitrogens is 3. The fourth-order valence-corrected chi connectivity index (χ4v) is 1.47. The van der Waals surface area contributed by atoms with Crippen LogP contribution in [0, 0.1) is 0 Å². The zero-order valence-electron chi connectivity index (χ0n) is 9.93. The number of pyridine rings is 1. The largest absolute Gasteiger partial charge is 0.480 e. The molecule has 6 nitrogen and oxygen atoms in total. The maximum atomic E-state index is 11.0. The number of carbonyl (C=O) groups is 1. The van der Waals surface area contributed by atoms with E-state index >= 15 is 0 Å². The van der Waals surface area contributed by atoms with E-state index in [0.717, 1.165) is 11.2 Å². The van der Waals surface area contributed by atoms with Gasteiger partial charge in [-0.15, -0.1) is 0 Å². The Bertz CT molecular complexity index is 574. The molecule has 0 radical (unpaired) electrons. The van der Waals surface area contributed by atoms with Crippen LogP contribution in [0.15, 0.2) is 18.3 Å². The van der Waals surface area contributed by atoms with E-state index in [9.17, 15) is 4.79 Å². The Morgan fingerprint density at radius 1 is 1.53 bits per heavy atom. The molecule has 0 spiro atoms. The van der Waals surface area contributed by atoms with Crippen molar-refractivity contribution in [2.45, 2.75) is 19.4 Å². The normalized spacial score (nSPS) is 11.7. The maximum Gasteiger partial charge on any atom is 0.328 e. The third-order valence-electron chi connectivity index (χ3n) is 2.59. The van der Waals surface area contributed by atoms with Crippen LogP contribution >= 0.6 is 0 Å². The molecule has 90 valence electrons. The molecule has 2 aromatic rings. The van der Waals surface area contributed by atoms with Crippen molar-refractivity contribution in [1.29, 1.82) is 0 Å². The van der Waals surface area contributed by atoms with Crippen LogP contribution in [0.25, 0.3) is 11.2 Å². The first-order valence-corrected chi connectivity index (χ1v) is 5.21. The van der Waals surface area contributed by atoms with Crippen molar-refractivity contribution in [2.24, 2.45) is 7.05 Å². The summed E-state index contributed by atoms with van der Waals surface area (Å²) in [7, 11) is 1.79. The molecule has 0 atom stereocenters. The van der Waals surface area contributed by atoms with Crippen molar-refractivity contribution < 1.29 is 9.90 Å². The van der Waals surface area contributed by atoms with Gasteiger partial charge in [-0.3, -0.25) is 4.57 Å². The van der Waals surface area contributed by atoms with Gasteiger partial charge in [0, 0.05) is 13.2 Å². The van der Waals surface area contributed by atoms with Crippen LogP contribution in [-0.2, 0) is 11.8 Å². The molecule has 0 saturated carbocycles. The topological polar surface area (TPSA) is 80.0 Å². The molecule has 0 fully saturated rings. The lowest BCUT2D eigenvalue weighted by Gasteiger charge is -2.21. The lowest BCUT2D eigenvalue weighted by Crippen LogP contribution is -2.40. The van der Waals surface area contributed by atoms with E-state index in [1.54, 1.807) is 37.7 Å². The summed E-state index contributed by atoms with van der Waals surface area (Å²) in [5, 5.41) is 11.9. The van der Waals surface area contributed by atoms with Gasteiger partial charge < -0.3 is 10.4 Å². The van der Waals surface area contributed by atoms with E-state index < -0.39 is 11.5 Å². The van der Waals surface area contributed by atoms with Crippen molar-refractivity contribution in [1.82, 2.24) is 14.5 Å². The average molecular weight is 234 g/mol. The number of hydrogen-bond donors (Lipinski definition) is 2. The van der Waals surface area contributed by atoms with Crippen molar-refractivity contribution in [2.75, 3.05) is 5.32 Å². The second-order valence-corrected chi connectivity index (χ2v) is 4.40. The summed E-state index contributed by atoms with van der Waals surface area (Å²) in [6.07, 6.45) is 1.68. The molecule has 0 aliphatic carbocycles. The molecule has 6 heteroatoms. The molecule has 0 aliphatic heterocycles. The number of fused-ring (bicyclic) bond motifs is 1. The highest BCUT2D eigenvalue weighted by atomic mass is 16.4. The highest BCUT2D eigenvalue weighted by molar-refractivity contribution is 5.82. The predicted octanol–water partition coefficient (Wildman–Crippen LogP) is 1.24. The standard InChI is InChI=1S/C11H14N4O2/c1-11(2,9(16)17)14-10-13-7-5-4-6-12-8(7)15(10)3/h4-6H,1-3H3,(H,13,14)(H,16,17). The minimum atomic E-state index is -1.07. The smallest absolute Gasteiger partial charge is 0.328 e. The second-order valence-electron chi connectivity index (χ2n) is 4.40. The van der Waals surface area contributed by atoms with Gasteiger partial charge in [0.1, 0.15) is 11.1 Å². The zero-order chi connectivity index (χ0) is 12.6. The fourth-order valence-electron chi connectivity index (χ4n) is 1.47. The molecule has 0 aliphatic rings. The summed E-state index contributed by atoms with van der Waals surface area (Å²) >= 11 is 0. The Kier molecular flexibility index (Phi) is 2.49. The highest BCUT2D eigenvalue weighted by Gasteiger charge is 2.28. The second kappa shape index (κ2) is 3.73. The molecule has 0 unspecified atom stereocenters. The molecule has 2 heterocycles. The van der Waals surface area contributed by atoms with Gasteiger partial charge in [-0.2, -0.15) is 0 Å². The highest BCUT2D eigenvalue weighted by Crippen LogP contribution is 2.19. The van der Waals surface area contributed by atoms with E-state index in [-0.39, 0.29) is 0 Å². The number of aliphatic carboxylic acids is 1.